The molecule has 112 valence electrons. The number of aryl methyl sites for hydroxylation is 1. The second-order valence-electron chi connectivity index (χ2n) is 5.03. The topological polar surface area (TPSA) is 21.3 Å². The second-order valence-corrected chi connectivity index (χ2v) is 6.08. The number of ether oxygens (including phenoxy) is 1. The van der Waals surface area contributed by atoms with E-state index in [4.69, 9.17) is 4.74 Å². The van der Waals surface area contributed by atoms with Crippen LogP contribution in [0.4, 0.5) is 0 Å². The van der Waals surface area contributed by atoms with Gasteiger partial charge in [0.25, 0.3) is 0 Å². The van der Waals surface area contributed by atoms with E-state index in [1.165, 1.54) is 21.6 Å². The van der Waals surface area contributed by atoms with Crippen molar-refractivity contribution in [2.24, 2.45) is 0 Å². The van der Waals surface area contributed by atoms with E-state index in [2.05, 4.69) is 61.6 Å². The Hall–Kier alpha value is -1.45. The number of hydrogen-bond donors (Lipinski definition) is 1. The molecule has 0 saturated heterocycles. The van der Waals surface area contributed by atoms with Crippen molar-refractivity contribution >= 4 is 11.8 Å². The van der Waals surface area contributed by atoms with E-state index in [1.54, 1.807) is 7.11 Å². The van der Waals surface area contributed by atoms with Crippen molar-refractivity contribution in [2.75, 3.05) is 13.7 Å². The molecule has 0 amide bonds. The van der Waals surface area contributed by atoms with Crippen molar-refractivity contribution in [3.05, 3.63) is 59.2 Å². The van der Waals surface area contributed by atoms with E-state index in [0.717, 1.165) is 24.6 Å². The van der Waals surface area contributed by atoms with E-state index in [-0.39, 0.29) is 0 Å². The molecule has 1 N–H and O–H groups in total. The van der Waals surface area contributed by atoms with Gasteiger partial charge in [0.2, 0.25) is 0 Å². The fourth-order valence-corrected chi connectivity index (χ4v) is 3.00. The fraction of sp³-hybridized carbons (Fsp3) is 0.333. The molecule has 0 aromatic heterocycles. The Morgan fingerprint density at radius 3 is 2.52 bits per heavy atom. The van der Waals surface area contributed by atoms with Crippen molar-refractivity contribution in [3.8, 4) is 5.75 Å². The summed E-state index contributed by atoms with van der Waals surface area (Å²) in [5.41, 5.74) is 3.85. The molecule has 0 bridgehead atoms. The lowest BCUT2D eigenvalue weighted by Gasteiger charge is -2.11. The van der Waals surface area contributed by atoms with Crippen LogP contribution in [0.15, 0.2) is 47.4 Å². The molecule has 0 atom stereocenters. The average molecular weight is 301 g/mol. The molecule has 0 saturated carbocycles. The van der Waals surface area contributed by atoms with Crippen LogP contribution in [-0.2, 0) is 12.3 Å². The highest BCUT2D eigenvalue weighted by molar-refractivity contribution is 7.98. The summed E-state index contributed by atoms with van der Waals surface area (Å²) in [6.45, 7) is 6.13. The lowest BCUT2D eigenvalue weighted by atomic mass is 10.1. The molecule has 2 aromatic carbocycles. The zero-order chi connectivity index (χ0) is 15.1. The van der Waals surface area contributed by atoms with E-state index >= 15 is 0 Å². The van der Waals surface area contributed by atoms with Crippen molar-refractivity contribution < 1.29 is 4.74 Å². The quantitative estimate of drug-likeness (QED) is 0.766. The normalized spacial score (nSPS) is 10.6. The summed E-state index contributed by atoms with van der Waals surface area (Å²) in [7, 11) is 1.74. The molecule has 2 nitrogen and oxygen atoms in total. The molecule has 0 radical (unpaired) electrons. The van der Waals surface area contributed by atoms with E-state index in [0.29, 0.717) is 0 Å². The maximum atomic E-state index is 5.48. The summed E-state index contributed by atoms with van der Waals surface area (Å²) >= 11 is 1.84. The minimum absolute atomic E-state index is 0.905. The molecule has 0 spiro atoms. The van der Waals surface area contributed by atoms with Gasteiger partial charge >= 0.3 is 0 Å². The molecule has 21 heavy (non-hydrogen) atoms. The lowest BCUT2D eigenvalue weighted by Crippen LogP contribution is -2.11. The Morgan fingerprint density at radius 2 is 1.86 bits per heavy atom. The number of benzene rings is 2. The highest BCUT2D eigenvalue weighted by Crippen LogP contribution is 2.29. The van der Waals surface area contributed by atoms with Gasteiger partial charge in [-0.15, -0.1) is 11.8 Å². The van der Waals surface area contributed by atoms with Crippen LogP contribution in [0.5, 0.6) is 5.75 Å². The van der Waals surface area contributed by atoms with Gasteiger partial charge in [-0.25, -0.2) is 0 Å². The van der Waals surface area contributed by atoms with Gasteiger partial charge in [0.05, 0.1) is 7.11 Å². The van der Waals surface area contributed by atoms with Crippen LogP contribution < -0.4 is 10.1 Å². The number of rotatable bonds is 7. The number of thioether (sulfide) groups is 1. The van der Waals surface area contributed by atoms with E-state index in [9.17, 15) is 0 Å². The molecule has 2 rings (SSSR count). The predicted molar refractivity (Wildman–Crippen MR) is 91.1 cm³/mol. The summed E-state index contributed by atoms with van der Waals surface area (Å²) in [5.74, 6) is 1.89. The number of methoxy groups -OCH3 is 1. The largest absolute Gasteiger partial charge is 0.496 e. The first-order valence-electron chi connectivity index (χ1n) is 7.29. The van der Waals surface area contributed by atoms with Crippen LogP contribution in [0.25, 0.3) is 0 Å². The van der Waals surface area contributed by atoms with Crippen LogP contribution in [0.1, 0.15) is 23.6 Å². The monoisotopic (exact) mass is 301 g/mol. The third-order valence-corrected chi connectivity index (χ3v) is 4.40. The first-order valence-corrected chi connectivity index (χ1v) is 8.27. The molecule has 0 unspecified atom stereocenters. The molecule has 3 heteroatoms. The van der Waals surface area contributed by atoms with Crippen molar-refractivity contribution in [2.45, 2.75) is 31.0 Å². The van der Waals surface area contributed by atoms with Crippen LogP contribution in [0.3, 0.4) is 0 Å². The van der Waals surface area contributed by atoms with Crippen molar-refractivity contribution in [1.82, 2.24) is 5.32 Å². The third kappa shape index (κ3) is 4.80. The summed E-state index contributed by atoms with van der Waals surface area (Å²) in [4.78, 5) is 1.29. The zero-order valence-electron chi connectivity index (χ0n) is 13.0. The molecule has 0 aliphatic carbocycles. The van der Waals surface area contributed by atoms with Gasteiger partial charge < -0.3 is 10.1 Å². The summed E-state index contributed by atoms with van der Waals surface area (Å²) in [6, 6.07) is 15.1. The molecule has 2 aromatic rings. The molecular formula is C18H23NOS. The highest BCUT2D eigenvalue weighted by Gasteiger charge is 2.05. The van der Waals surface area contributed by atoms with Gasteiger partial charge in [0, 0.05) is 22.8 Å². The van der Waals surface area contributed by atoms with E-state index in [1.807, 2.05) is 11.8 Å². The summed E-state index contributed by atoms with van der Waals surface area (Å²) in [5, 5.41) is 3.36. The zero-order valence-corrected chi connectivity index (χ0v) is 13.8. The van der Waals surface area contributed by atoms with Gasteiger partial charge in [-0.1, -0.05) is 30.7 Å². The lowest BCUT2D eigenvalue weighted by molar-refractivity contribution is 0.411. The number of hydrogen-bond acceptors (Lipinski definition) is 3. The maximum Gasteiger partial charge on any atom is 0.122 e. The van der Waals surface area contributed by atoms with Gasteiger partial charge in [-0.05, 0) is 43.3 Å². The second kappa shape index (κ2) is 8.11. The Morgan fingerprint density at radius 1 is 1.10 bits per heavy atom. The molecule has 0 fully saturated rings. The van der Waals surface area contributed by atoms with E-state index < -0.39 is 0 Å². The van der Waals surface area contributed by atoms with Gasteiger partial charge in [0.1, 0.15) is 5.75 Å². The van der Waals surface area contributed by atoms with Crippen molar-refractivity contribution in [3.63, 3.8) is 0 Å². The Labute approximate surface area is 131 Å². The Kier molecular flexibility index (Phi) is 6.15. The SMILES string of the molecule is CCNCc1ccc(OC)c(CSc2ccc(C)cc2)c1. The minimum Gasteiger partial charge on any atom is -0.496 e. The van der Waals surface area contributed by atoms with Crippen LogP contribution >= 0.6 is 11.8 Å². The molecule has 0 aliphatic rings. The van der Waals surface area contributed by atoms with Gasteiger partial charge in [-0.3, -0.25) is 0 Å². The highest BCUT2D eigenvalue weighted by atomic mass is 32.2. The summed E-state index contributed by atoms with van der Waals surface area (Å²) < 4.78 is 5.48. The predicted octanol–water partition coefficient (Wildman–Crippen LogP) is 4.41. The summed E-state index contributed by atoms with van der Waals surface area (Å²) in [6.07, 6.45) is 0. The van der Waals surface area contributed by atoms with Crippen LogP contribution in [0.2, 0.25) is 0 Å². The Bertz CT molecular complexity index is 566. The van der Waals surface area contributed by atoms with Gasteiger partial charge in [-0.2, -0.15) is 0 Å². The van der Waals surface area contributed by atoms with Gasteiger partial charge in [0.15, 0.2) is 0 Å². The first-order chi connectivity index (χ1) is 10.2. The fourth-order valence-electron chi connectivity index (χ4n) is 2.12. The minimum atomic E-state index is 0.905. The average Bonchev–Trinajstić information content (AvgIpc) is 2.52. The Balaban J connectivity index is 2.07. The van der Waals surface area contributed by atoms with Crippen LogP contribution in [-0.4, -0.2) is 13.7 Å². The molecule has 0 aliphatic heterocycles. The third-order valence-electron chi connectivity index (χ3n) is 3.34. The standard InChI is InChI=1S/C18H23NOS/c1-4-19-12-15-7-10-18(20-3)16(11-15)13-21-17-8-5-14(2)6-9-17/h5-11,19H,4,12-13H2,1-3H3. The van der Waals surface area contributed by atoms with Crippen LogP contribution in [0, 0.1) is 6.92 Å². The number of nitrogens with one attached hydrogen (secondary N) is 1. The molecule has 0 heterocycles. The first kappa shape index (κ1) is 15.9. The van der Waals surface area contributed by atoms with Crippen molar-refractivity contribution in [1.29, 1.82) is 0 Å². The molecular weight excluding hydrogens is 278 g/mol. The maximum absolute atomic E-state index is 5.48. The smallest absolute Gasteiger partial charge is 0.122 e.